The Bertz CT molecular complexity index is 636. The van der Waals surface area contributed by atoms with E-state index < -0.39 is 0 Å². The average molecular weight is 285 g/mol. The molecule has 2 aromatic carbocycles. The van der Waals surface area contributed by atoms with Gasteiger partial charge in [0.2, 0.25) is 0 Å². The normalized spacial score (nSPS) is 14.1. The van der Waals surface area contributed by atoms with Crippen LogP contribution in [-0.4, -0.2) is 31.6 Å². The molecule has 0 heterocycles. The second-order valence-electron chi connectivity index (χ2n) is 5.71. The molecule has 0 aliphatic rings. The van der Waals surface area contributed by atoms with Gasteiger partial charge in [-0.1, -0.05) is 36.4 Å². The third-order valence-corrected chi connectivity index (χ3v) is 4.15. The number of fused-ring (bicyclic) bond motifs is 1. The van der Waals surface area contributed by atoms with Crippen molar-refractivity contribution < 1.29 is 9.53 Å². The Morgan fingerprint density at radius 2 is 1.81 bits per heavy atom. The van der Waals surface area contributed by atoms with E-state index in [1.54, 1.807) is 0 Å². The minimum absolute atomic E-state index is 0.165. The minimum Gasteiger partial charge on any atom is -0.466 e. The number of hydrogen-bond acceptors (Lipinski definition) is 3. The Labute approximate surface area is 126 Å². The van der Waals surface area contributed by atoms with Gasteiger partial charge < -0.3 is 4.74 Å². The van der Waals surface area contributed by atoms with E-state index in [2.05, 4.69) is 42.2 Å². The Balaban J connectivity index is 2.41. The molecule has 2 aromatic rings. The lowest BCUT2D eigenvalue weighted by atomic mass is 9.86. The van der Waals surface area contributed by atoms with E-state index in [0.717, 1.165) is 5.56 Å². The van der Waals surface area contributed by atoms with Crippen LogP contribution in [0.3, 0.4) is 0 Å². The first-order chi connectivity index (χ1) is 9.97. The highest BCUT2D eigenvalue weighted by Gasteiger charge is 2.32. The second kappa shape index (κ2) is 6.27. The quantitative estimate of drug-likeness (QED) is 0.787. The molecule has 2 rings (SSSR count). The van der Waals surface area contributed by atoms with Crippen molar-refractivity contribution in [1.29, 1.82) is 0 Å². The monoisotopic (exact) mass is 285 g/mol. The van der Waals surface area contributed by atoms with Crippen molar-refractivity contribution in [1.82, 2.24) is 4.90 Å². The fourth-order valence-electron chi connectivity index (χ4n) is 2.54. The van der Waals surface area contributed by atoms with Crippen molar-refractivity contribution in [2.75, 3.05) is 20.7 Å². The summed E-state index contributed by atoms with van der Waals surface area (Å²) in [6.07, 6.45) is 0.339. The lowest BCUT2D eigenvalue weighted by molar-refractivity contribution is -0.146. The molecule has 112 valence electrons. The number of carbonyl (C=O) groups excluding carboxylic acids is 1. The third-order valence-electron chi connectivity index (χ3n) is 4.15. The van der Waals surface area contributed by atoms with Crippen LogP contribution in [0.1, 0.15) is 25.8 Å². The summed E-state index contributed by atoms with van der Waals surface area (Å²) in [6.45, 7) is 4.33. The summed E-state index contributed by atoms with van der Waals surface area (Å²) in [5, 5.41) is 2.39. The van der Waals surface area contributed by atoms with E-state index in [-0.39, 0.29) is 11.5 Å². The van der Waals surface area contributed by atoms with Gasteiger partial charge in [-0.25, -0.2) is 0 Å². The third kappa shape index (κ3) is 3.24. The van der Waals surface area contributed by atoms with E-state index in [1.165, 1.54) is 10.8 Å². The summed E-state index contributed by atoms with van der Waals surface area (Å²) in [6, 6.07) is 14.6. The molecule has 1 unspecified atom stereocenters. The zero-order valence-corrected chi connectivity index (χ0v) is 13.2. The molecule has 3 heteroatoms. The van der Waals surface area contributed by atoms with Crippen molar-refractivity contribution in [2.45, 2.75) is 25.8 Å². The van der Waals surface area contributed by atoms with Crippen molar-refractivity contribution in [3.05, 3.63) is 48.0 Å². The minimum atomic E-state index is -0.379. The van der Waals surface area contributed by atoms with Crippen molar-refractivity contribution in [2.24, 2.45) is 0 Å². The van der Waals surface area contributed by atoms with Gasteiger partial charge in [-0.15, -0.1) is 0 Å². The number of carbonyl (C=O) groups is 1. The summed E-state index contributed by atoms with van der Waals surface area (Å²) in [7, 11) is 3.99. The van der Waals surface area contributed by atoms with E-state index in [4.69, 9.17) is 4.74 Å². The van der Waals surface area contributed by atoms with Gasteiger partial charge in [0.15, 0.2) is 0 Å². The molecule has 0 amide bonds. The molecule has 0 fully saturated rings. The summed E-state index contributed by atoms with van der Waals surface area (Å²) >= 11 is 0. The second-order valence-corrected chi connectivity index (χ2v) is 5.71. The highest BCUT2D eigenvalue weighted by Crippen LogP contribution is 2.32. The molecule has 0 aromatic heterocycles. The van der Waals surface area contributed by atoms with Crippen LogP contribution in [0, 0.1) is 0 Å². The number of esters is 1. The molecule has 0 N–H and O–H groups in total. The Morgan fingerprint density at radius 1 is 1.14 bits per heavy atom. The first kappa shape index (κ1) is 15.5. The van der Waals surface area contributed by atoms with Crippen molar-refractivity contribution in [3.63, 3.8) is 0 Å². The van der Waals surface area contributed by atoms with Gasteiger partial charge in [0.25, 0.3) is 0 Å². The van der Waals surface area contributed by atoms with Crippen LogP contribution < -0.4 is 0 Å². The molecule has 0 aliphatic heterocycles. The molecule has 0 saturated carbocycles. The molecule has 0 spiro atoms. The maximum Gasteiger partial charge on any atom is 0.307 e. The number of rotatable bonds is 5. The molecule has 21 heavy (non-hydrogen) atoms. The summed E-state index contributed by atoms with van der Waals surface area (Å²) in [4.78, 5) is 14.0. The molecular formula is C18H23NO2. The van der Waals surface area contributed by atoms with E-state index >= 15 is 0 Å². The predicted molar refractivity (Wildman–Crippen MR) is 86.2 cm³/mol. The van der Waals surface area contributed by atoms with Crippen LogP contribution in [0.5, 0.6) is 0 Å². The van der Waals surface area contributed by atoms with Crippen LogP contribution in [0.2, 0.25) is 0 Å². The predicted octanol–water partition coefficient (Wildman–Crippen LogP) is 3.57. The number of nitrogens with zero attached hydrogens (tertiary/aromatic N) is 1. The lowest BCUT2D eigenvalue weighted by Crippen LogP contribution is -2.40. The van der Waals surface area contributed by atoms with Crippen LogP contribution >= 0.6 is 0 Å². The standard InChI is InChI=1S/C18H23NO2/c1-5-21-17(20)13-18(2,19(3)4)16-11-10-14-8-6-7-9-15(14)12-16/h6-12H,5,13H2,1-4H3. The SMILES string of the molecule is CCOC(=O)CC(C)(c1ccc2ccccc2c1)N(C)C. The smallest absolute Gasteiger partial charge is 0.307 e. The van der Waals surface area contributed by atoms with Gasteiger partial charge >= 0.3 is 5.97 Å². The Kier molecular flexibility index (Phi) is 4.63. The lowest BCUT2D eigenvalue weighted by Gasteiger charge is -2.36. The van der Waals surface area contributed by atoms with E-state index in [1.807, 2.05) is 33.2 Å². The summed E-state index contributed by atoms with van der Waals surface area (Å²) in [5.41, 5.74) is 0.746. The fourth-order valence-corrected chi connectivity index (χ4v) is 2.54. The topological polar surface area (TPSA) is 29.5 Å². The maximum absolute atomic E-state index is 12.0. The van der Waals surface area contributed by atoms with Gasteiger partial charge in [0.05, 0.1) is 18.6 Å². The zero-order chi connectivity index (χ0) is 15.5. The van der Waals surface area contributed by atoms with Gasteiger partial charge in [0.1, 0.15) is 0 Å². The molecule has 0 bridgehead atoms. The Morgan fingerprint density at radius 3 is 2.43 bits per heavy atom. The molecule has 1 atom stereocenters. The van der Waals surface area contributed by atoms with Crippen LogP contribution in [0.15, 0.2) is 42.5 Å². The molecule has 0 radical (unpaired) electrons. The zero-order valence-electron chi connectivity index (χ0n) is 13.2. The number of benzene rings is 2. The molecular weight excluding hydrogens is 262 g/mol. The molecule has 0 aliphatic carbocycles. The highest BCUT2D eigenvalue weighted by atomic mass is 16.5. The first-order valence-corrected chi connectivity index (χ1v) is 7.29. The highest BCUT2D eigenvalue weighted by molar-refractivity contribution is 5.83. The van der Waals surface area contributed by atoms with Crippen LogP contribution in [-0.2, 0) is 15.1 Å². The van der Waals surface area contributed by atoms with Crippen molar-refractivity contribution >= 4 is 16.7 Å². The number of hydrogen-bond donors (Lipinski definition) is 0. The summed E-state index contributed by atoms with van der Waals surface area (Å²) in [5.74, 6) is -0.165. The van der Waals surface area contributed by atoms with E-state index in [0.29, 0.717) is 13.0 Å². The molecule has 0 saturated heterocycles. The van der Waals surface area contributed by atoms with Gasteiger partial charge in [0, 0.05) is 0 Å². The van der Waals surface area contributed by atoms with Gasteiger partial charge in [-0.3, -0.25) is 9.69 Å². The van der Waals surface area contributed by atoms with Crippen LogP contribution in [0.25, 0.3) is 10.8 Å². The van der Waals surface area contributed by atoms with Gasteiger partial charge in [-0.05, 0) is 50.3 Å². The average Bonchev–Trinajstić information content (AvgIpc) is 2.46. The largest absolute Gasteiger partial charge is 0.466 e. The van der Waals surface area contributed by atoms with Gasteiger partial charge in [-0.2, -0.15) is 0 Å². The van der Waals surface area contributed by atoms with E-state index in [9.17, 15) is 4.79 Å². The van der Waals surface area contributed by atoms with Crippen molar-refractivity contribution in [3.8, 4) is 0 Å². The van der Waals surface area contributed by atoms with Crippen LogP contribution in [0.4, 0.5) is 0 Å². The maximum atomic E-state index is 12.0. The number of ether oxygens (including phenoxy) is 1. The summed E-state index contributed by atoms with van der Waals surface area (Å²) < 4.78 is 5.13. The fraction of sp³-hybridized carbons (Fsp3) is 0.389. The Hall–Kier alpha value is -1.87. The first-order valence-electron chi connectivity index (χ1n) is 7.29. The molecule has 3 nitrogen and oxygen atoms in total.